The molecule has 1 aromatic heterocycles. The van der Waals surface area contributed by atoms with E-state index in [9.17, 15) is 4.79 Å². The third kappa shape index (κ3) is 3.18. The number of piperidine rings is 1. The van der Waals surface area contributed by atoms with Gasteiger partial charge in [0, 0.05) is 18.6 Å². The van der Waals surface area contributed by atoms with Crippen LogP contribution >= 0.6 is 0 Å². The van der Waals surface area contributed by atoms with Gasteiger partial charge in [0.2, 0.25) is 0 Å². The second-order valence-electron chi connectivity index (χ2n) is 8.07. The summed E-state index contributed by atoms with van der Waals surface area (Å²) in [4.78, 5) is 18.1. The van der Waals surface area contributed by atoms with Crippen molar-refractivity contribution in [2.75, 3.05) is 19.6 Å². The Balaban J connectivity index is 1.77. The van der Waals surface area contributed by atoms with Crippen molar-refractivity contribution in [1.29, 1.82) is 0 Å². The monoisotopic (exact) mass is 367 g/mol. The predicted octanol–water partition coefficient (Wildman–Crippen LogP) is 3.73. The normalized spacial score (nSPS) is 23.3. The summed E-state index contributed by atoms with van der Waals surface area (Å²) in [6, 6.07) is 8.61. The Morgan fingerprint density at radius 1 is 1.22 bits per heavy atom. The number of likely N-dealkylation sites (tertiary alicyclic amines) is 1. The lowest BCUT2D eigenvalue weighted by Gasteiger charge is -2.48. The first kappa shape index (κ1) is 18.2. The number of nitrogens with zero attached hydrogens (tertiary/aromatic N) is 3. The van der Waals surface area contributed by atoms with Gasteiger partial charge >= 0.3 is 0 Å². The molecule has 2 aliphatic rings. The van der Waals surface area contributed by atoms with Crippen LogP contribution in [0.4, 0.5) is 0 Å². The van der Waals surface area contributed by atoms with E-state index in [0.717, 1.165) is 32.5 Å². The van der Waals surface area contributed by atoms with Gasteiger partial charge in [0.15, 0.2) is 0 Å². The molecule has 2 aliphatic heterocycles. The van der Waals surface area contributed by atoms with Crippen LogP contribution in [0.3, 0.4) is 0 Å². The van der Waals surface area contributed by atoms with Crippen molar-refractivity contribution in [3.8, 4) is 0 Å². The van der Waals surface area contributed by atoms with Crippen molar-refractivity contribution in [2.24, 2.45) is 0 Å². The molecule has 4 rings (SSSR count). The number of carbonyl (C=O) groups is 1. The standard InChI is InChI=1S/C22H29N3O2/c1-4-25-12-8-7-11-22(25)13-18-9-5-6-10-19(18)14-24(15-22)21(26)20-16(2)23-27-17(20)3/h5-6,9-10H,4,7-8,11-15H2,1-3H3. The minimum atomic E-state index is 0.0221. The maximum atomic E-state index is 13.5. The summed E-state index contributed by atoms with van der Waals surface area (Å²) < 4.78 is 5.28. The van der Waals surface area contributed by atoms with Crippen LogP contribution in [0.2, 0.25) is 0 Å². The van der Waals surface area contributed by atoms with Crippen molar-refractivity contribution < 1.29 is 9.32 Å². The van der Waals surface area contributed by atoms with Gasteiger partial charge in [0.1, 0.15) is 11.3 Å². The van der Waals surface area contributed by atoms with Crippen LogP contribution in [0.1, 0.15) is 59.1 Å². The van der Waals surface area contributed by atoms with Gasteiger partial charge in [-0.15, -0.1) is 0 Å². The Kier molecular flexibility index (Phi) is 4.81. The van der Waals surface area contributed by atoms with Crippen LogP contribution in [0.25, 0.3) is 0 Å². The molecule has 0 radical (unpaired) electrons. The van der Waals surface area contributed by atoms with E-state index >= 15 is 0 Å². The van der Waals surface area contributed by atoms with Gasteiger partial charge in [0.05, 0.1) is 5.69 Å². The fourth-order valence-electron chi connectivity index (χ4n) is 5.03. The molecule has 1 amide bonds. The number of hydrogen-bond acceptors (Lipinski definition) is 4. The summed E-state index contributed by atoms with van der Waals surface area (Å²) in [5.41, 5.74) is 3.97. The molecule has 1 aromatic carbocycles. The van der Waals surface area contributed by atoms with Crippen LogP contribution in [0.5, 0.6) is 0 Å². The summed E-state index contributed by atoms with van der Waals surface area (Å²) in [6.45, 7) is 9.47. The van der Waals surface area contributed by atoms with Crippen molar-refractivity contribution in [1.82, 2.24) is 15.0 Å². The Bertz CT molecular complexity index is 824. The fraction of sp³-hybridized carbons (Fsp3) is 0.545. The topological polar surface area (TPSA) is 49.6 Å². The number of benzene rings is 1. The maximum Gasteiger partial charge on any atom is 0.259 e. The number of aromatic nitrogens is 1. The predicted molar refractivity (Wildman–Crippen MR) is 105 cm³/mol. The van der Waals surface area contributed by atoms with Gasteiger partial charge in [-0.25, -0.2) is 0 Å². The Labute approximate surface area is 161 Å². The molecule has 2 aromatic rings. The highest BCUT2D eigenvalue weighted by atomic mass is 16.5. The number of carbonyl (C=O) groups excluding carboxylic acids is 1. The highest BCUT2D eigenvalue weighted by Gasteiger charge is 2.43. The minimum Gasteiger partial charge on any atom is -0.361 e. The van der Waals surface area contributed by atoms with Crippen molar-refractivity contribution in [3.63, 3.8) is 0 Å². The lowest BCUT2D eigenvalue weighted by molar-refractivity contribution is 0.0189. The van der Waals surface area contributed by atoms with Crippen molar-refractivity contribution in [2.45, 2.75) is 58.5 Å². The zero-order valence-electron chi connectivity index (χ0n) is 16.6. The van der Waals surface area contributed by atoms with Gasteiger partial charge in [0.25, 0.3) is 5.91 Å². The molecule has 1 atom stereocenters. The molecular weight excluding hydrogens is 338 g/mol. The summed E-state index contributed by atoms with van der Waals surface area (Å²) in [6.07, 6.45) is 4.63. The molecule has 144 valence electrons. The number of likely N-dealkylation sites (N-methyl/N-ethyl adjacent to an activating group) is 1. The average molecular weight is 367 g/mol. The number of fused-ring (bicyclic) bond motifs is 1. The molecule has 1 spiro atoms. The molecule has 0 bridgehead atoms. The quantitative estimate of drug-likeness (QED) is 0.811. The van der Waals surface area contributed by atoms with E-state index in [0.29, 0.717) is 23.6 Å². The van der Waals surface area contributed by atoms with Crippen LogP contribution in [0.15, 0.2) is 28.8 Å². The first-order chi connectivity index (χ1) is 13.0. The molecule has 5 nitrogen and oxygen atoms in total. The zero-order valence-corrected chi connectivity index (χ0v) is 16.6. The molecule has 0 saturated carbocycles. The second kappa shape index (κ2) is 7.12. The summed E-state index contributed by atoms with van der Waals surface area (Å²) in [7, 11) is 0. The van der Waals surface area contributed by atoms with E-state index in [1.165, 1.54) is 24.0 Å². The van der Waals surface area contributed by atoms with Crippen LogP contribution in [-0.4, -0.2) is 46.0 Å². The summed E-state index contributed by atoms with van der Waals surface area (Å²) in [5, 5.41) is 4.00. The van der Waals surface area contributed by atoms with Gasteiger partial charge in [-0.3, -0.25) is 9.69 Å². The summed E-state index contributed by atoms with van der Waals surface area (Å²) >= 11 is 0. The van der Waals surface area contributed by atoms with Gasteiger partial charge in [-0.2, -0.15) is 0 Å². The first-order valence-electron chi connectivity index (χ1n) is 10.1. The number of hydrogen-bond donors (Lipinski definition) is 0. The molecule has 1 fully saturated rings. The van der Waals surface area contributed by atoms with E-state index in [1.807, 2.05) is 18.7 Å². The van der Waals surface area contributed by atoms with Gasteiger partial charge in [-0.1, -0.05) is 42.8 Å². The number of rotatable bonds is 2. The lowest BCUT2D eigenvalue weighted by Crippen LogP contribution is -2.59. The van der Waals surface area contributed by atoms with E-state index in [-0.39, 0.29) is 11.4 Å². The Hall–Kier alpha value is -2.14. The van der Waals surface area contributed by atoms with E-state index in [2.05, 4.69) is 41.2 Å². The molecule has 1 unspecified atom stereocenters. The molecular formula is C22H29N3O2. The Morgan fingerprint density at radius 2 is 2.00 bits per heavy atom. The molecule has 0 N–H and O–H groups in total. The third-order valence-corrected chi connectivity index (χ3v) is 6.39. The highest BCUT2D eigenvalue weighted by molar-refractivity contribution is 5.96. The fourth-order valence-corrected chi connectivity index (χ4v) is 5.03. The second-order valence-corrected chi connectivity index (χ2v) is 8.07. The van der Waals surface area contributed by atoms with Crippen LogP contribution in [-0.2, 0) is 13.0 Å². The van der Waals surface area contributed by atoms with E-state index in [4.69, 9.17) is 4.52 Å². The summed E-state index contributed by atoms with van der Waals surface area (Å²) in [5.74, 6) is 0.657. The molecule has 3 heterocycles. The third-order valence-electron chi connectivity index (χ3n) is 6.39. The Morgan fingerprint density at radius 3 is 2.70 bits per heavy atom. The van der Waals surface area contributed by atoms with Gasteiger partial charge < -0.3 is 9.42 Å². The molecule has 27 heavy (non-hydrogen) atoms. The number of aryl methyl sites for hydroxylation is 2. The lowest BCUT2D eigenvalue weighted by atomic mass is 9.81. The highest BCUT2D eigenvalue weighted by Crippen LogP contribution is 2.36. The van der Waals surface area contributed by atoms with Gasteiger partial charge in [-0.05, 0) is 57.3 Å². The molecule has 1 saturated heterocycles. The molecule has 5 heteroatoms. The molecule has 0 aliphatic carbocycles. The smallest absolute Gasteiger partial charge is 0.259 e. The van der Waals surface area contributed by atoms with Crippen LogP contribution in [0, 0.1) is 13.8 Å². The van der Waals surface area contributed by atoms with Crippen molar-refractivity contribution >= 4 is 5.91 Å². The van der Waals surface area contributed by atoms with E-state index < -0.39 is 0 Å². The number of amides is 1. The average Bonchev–Trinajstić information content (AvgIpc) is 2.91. The minimum absolute atomic E-state index is 0.0221. The zero-order chi connectivity index (χ0) is 19.0. The van der Waals surface area contributed by atoms with Crippen molar-refractivity contribution in [3.05, 3.63) is 52.4 Å². The van der Waals surface area contributed by atoms with E-state index in [1.54, 1.807) is 0 Å². The largest absolute Gasteiger partial charge is 0.361 e. The van der Waals surface area contributed by atoms with Crippen LogP contribution < -0.4 is 0 Å². The first-order valence-corrected chi connectivity index (χ1v) is 10.1. The SMILES string of the molecule is CCN1CCCCC12Cc1ccccc1CN(C(=O)c1c(C)noc1C)C2. The maximum absolute atomic E-state index is 13.5.